The van der Waals surface area contributed by atoms with Crippen LogP contribution in [0.3, 0.4) is 0 Å². The van der Waals surface area contributed by atoms with Crippen molar-refractivity contribution in [2.24, 2.45) is 0 Å². The number of nitrogens with zero attached hydrogens (tertiary/aromatic N) is 1. The molecule has 98 valence electrons. The number of hydrogen-bond acceptors (Lipinski definition) is 6. The first-order chi connectivity index (χ1) is 8.45. The van der Waals surface area contributed by atoms with Gasteiger partial charge in [-0.3, -0.25) is 0 Å². The van der Waals surface area contributed by atoms with Crippen LogP contribution >= 0.6 is 11.3 Å². The Bertz CT molecular complexity index is 472. The standard InChI is InChI=1S/C10H13N3O4S/c1-3-4-17-10(16)12-5(2)8-13-6(9(14)15)7(11)18-8/h3,5H,1,4,11H2,2H3,(H,12,16)(H,14,15). The van der Waals surface area contributed by atoms with Crippen LogP contribution in [0.15, 0.2) is 12.7 Å². The Kier molecular flexibility index (Phi) is 4.67. The maximum atomic E-state index is 11.3. The third-order valence-electron chi connectivity index (χ3n) is 1.91. The van der Waals surface area contributed by atoms with E-state index in [-0.39, 0.29) is 17.3 Å². The largest absolute Gasteiger partial charge is 0.476 e. The molecule has 0 aliphatic carbocycles. The molecule has 1 aromatic rings. The molecule has 0 spiro atoms. The summed E-state index contributed by atoms with van der Waals surface area (Å²) >= 11 is 1.01. The van der Waals surface area contributed by atoms with Crippen molar-refractivity contribution >= 4 is 28.4 Å². The second kappa shape index (κ2) is 6.01. The Hall–Kier alpha value is -2.09. The number of carboxylic acids is 1. The van der Waals surface area contributed by atoms with Gasteiger partial charge < -0.3 is 20.9 Å². The minimum Gasteiger partial charge on any atom is -0.476 e. The molecular weight excluding hydrogens is 258 g/mol. The molecule has 0 fully saturated rings. The van der Waals surface area contributed by atoms with Crippen molar-refractivity contribution in [2.75, 3.05) is 12.3 Å². The van der Waals surface area contributed by atoms with E-state index in [0.717, 1.165) is 11.3 Å². The number of amides is 1. The van der Waals surface area contributed by atoms with Gasteiger partial charge >= 0.3 is 12.1 Å². The Labute approximate surface area is 107 Å². The lowest BCUT2D eigenvalue weighted by molar-refractivity contribution is 0.0692. The first-order valence-corrected chi connectivity index (χ1v) is 5.81. The number of nitrogens with two attached hydrogens (primary N) is 1. The molecule has 18 heavy (non-hydrogen) atoms. The maximum Gasteiger partial charge on any atom is 0.408 e. The minimum atomic E-state index is -1.20. The first kappa shape index (κ1) is 14.0. The van der Waals surface area contributed by atoms with Gasteiger partial charge in [0.05, 0.1) is 6.04 Å². The Balaban J connectivity index is 2.69. The van der Waals surface area contributed by atoms with Gasteiger partial charge in [-0.15, -0.1) is 0 Å². The number of alkyl carbamates (subject to hydrolysis) is 1. The number of rotatable bonds is 5. The van der Waals surface area contributed by atoms with Crippen LogP contribution in [0.25, 0.3) is 0 Å². The summed E-state index contributed by atoms with van der Waals surface area (Å²) in [5.74, 6) is -1.20. The number of hydrogen-bond donors (Lipinski definition) is 3. The summed E-state index contributed by atoms with van der Waals surface area (Å²) in [7, 11) is 0. The molecule has 1 aromatic heterocycles. The van der Waals surface area contributed by atoms with E-state index in [4.69, 9.17) is 15.6 Å². The number of aromatic carboxylic acids is 1. The van der Waals surface area contributed by atoms with Crippen molar-refractivity contribution < 1.29 is 19.4 Å². The van der Waals surface area contributed by atoms with Crippen LogP contribution in [0.5, 0.6) is 0 Å². The topological polar surface area (TPSA) is 115 Å². The molecule has 1 atom stereocenters. The summed E-state index contributed by atoms with van der Waals surface area (Å²) in [6.07, 6.45) is 0.807. The van der Waals surface area contributed by atoms with Gasteiger partial charge in [0.2, 0.25) is 0 Å². The molecule has 7 nitrogen and oxygen atoms in total. The highest BCUT2D eigenvalue weighted by Crippen LogP contribution is 2.25. The molecule has 1 amide bonds. The zero-order chi connectivity index (χ0) is 13.7. The van der Waals surface area contributed by atoms with Gasteiger partial charge in [-0.2, -0.15) is 0 Å². The summed E-state index contributed by atoms with van der Waals surface area (Å²) in [5, 5.41) is 11.8. The van der Waals surface area contributed by atoms with Crippen LogP contribution in [0, 0.1) is 0 Å². The summed E-state index contributed by atoms with van der Waals surface area (Å²) in [4.78, 5) is 25.9. The Morgan fingerprint density at radius 3 is 2.89 bits per heavy atom. The molecule has 0 aliphatic heterocycles. The molecule has 0 aromatic carbocycles. The van der Waals surface area contributed by atoms with Gasteiger partial charge in [-0.1, -0.05) is 24.0 Å². The van der Waals surface area contributed by atoms with Crippen molar-refractivity contribution in [1.82, 2.24) is 10.3 Å². The van der Waals surface area contributed by atoms with Crippen molar-refractivity contribution in [2.45, 2.75) is 13.0 Å². The van der Waals surface area contributed by atoms with E-state index in [1.807, 2.05) is 0 Å². The van der Waals surface area contributed by atoms with E-state index in [2.05, 4.69) is 16.9 Å². The average molecular weight is 271 g/mol. The van der Waals surface area contributed by atoms with Gasteiger partial charge in [0.15, 0.2) is 5.69 Å². The van der Waals surface area contributed by atoms with Gasteiger partial charge in [-0.05, 0) is 6.92 Å². The molecule has 0 radical (unpaired) electrons. The molecule has 0 saturated carbocycles. The smallest absolute Gasteiger partial charge is 0.408 e. The summed E-state index contributed by atoms with van der Waals surface area (Å²) < 4.78 is 4.73. The third kappa shape index (κ3) is 3.45. The highest BCUT2D eigenvalue weighted by molar-refractivity contribution is 7.16. The average Bonchev–Trinajstić information content (AvgIpc) is 2.68. The lowest BCUT2D eigenvalue weighted by Crippen LogP contribution is -2.27. The molecule has 8 heteroatoms. The van der Waals surface area contributed by atoms with E-state index >= 15 is 0 Å². The highest BCUT2D eigenvalue weighted by atomic mass is 32.1. The van der Waals surface area contributed by atoms with Crippen LogP contribution < -0.4 is 11.1 Å². The molecule has 0 aliphatic rings. The number of ether oxygens (including phenoxy) is 1. The lowest BCUT2D eigenvalue weighted by Gasteiger charge is -2.10. The number of carbonyl (C=O) groups is 2. The van der Waals surface area contributed by atoms with Crippen molar-refractivity contribution in [3.05, 3.63) is 23.4 Å². The number of nitrogens with one attached hydrogen (secondary N) is 1. The van der Waals surface area contributed by atoms with Gasteiger partial charge in [-0.25, -0.2) is 14.6 Å². The number of carboxylic acid groups (broad SMARTS) is 1. The molecule has 0 saturated heterocycles. The van der Waals surface area contributed by atoms with Gasteiger partial charge in [0.25, 0.3) is 0 Å². The van der Waals surface area contributed by atoms with Gasteiger partial charge in [0, 0.05) is 0 Å². The number of carbonyl (C=O) groups excluding carboxylic acids is 1. The van der Waals surface area contributed by atoms with Crippen LogP contribution in [0.1, 0.15) is 28.5 Å². The fourth-order valence-electron chi connectivity index (χ4n) is 1.10. The normalized spacial score (nSPS) is 11.6. The van der Waals surface area contributed by atoms with Crippen LogP contribution in [-0.2, 0) is 4.74 Å². The number of anilines is 1. The van der Waals surface area contributed by atoms with Crippen molar-refractivity contribution in [3.63, 3.8) is 0 Å². The van der Waals surface area contributed by atoms with Crippen LogP contribution in [0.4, 0.5) is 9.80 Å². The number of thiazole rings is 1. The number of nitrogen functional groups attached to an aromatic ring is 1. The molecule has 1 heterocycles. The van der Waals surface area contributed by atoms with Gasteiger partial charge in [0.1, 0.15) is 16.6 Å². The highest BCUT2D eigenvalue weighted by Gasteiger charge is 2.20. The molecule has 1 rings (SSSR count). The van der Waals surface area contributed by atoms with E-state index in [9.17, 15) is 9.59 Å². The maximum absolute atomic E-state index is 11.3. The SMILES string of the molecule is C=CCOC(=O)NC(C)c1nc(C(=O)O)c(N)s1. The summed E-state index contributed by atoms with van der Waals surface area (Å²) in [6, 6.07) is -0.484. The molecule has 4 N–H and O–H groups in total. The summed E-state index contributed by atoms with van der Waals surface area (Å²) in [5.41, 5.74) is 5.30. The van der Waals surface area contributed by atoms with Crippen molar-refractivity contribution in [1.29, 1.82) is 0 Å². The molecule has 1 unspecified atom stereocenters. The van der Waals surface area contributed by atoms with Crippen molar-refractivity contribution in [3.8, 4) is 0 Å². The van der Waals surface area contributed by atoms with E-state index in [0.29, 0.717) is 5.01 Å². The van der Waals surface area contributed by atoms with E-state index in [1.54, 1.807) is 6.92 Å². The van der Waals surface area contributed by atoms with E-state index < -0.39 is 18.1 Å². The predicted octanol–water partition coefficient (Wildman–Crippen LogP) is 1.40. The first-order valence-electron chi connectivity index (χ1n) is 4.99. The molecular formula is C10H13N3O4S. The molecule has 0 bridgehead atoms. The lowest BCUT2D eigenvalue weighted by atomic mass is 10.3. The minimum absolute atomic E-state index is 0.0962. The predicted molar refractivity (Wildman–Crippen MR) is 66.6 cm³/mol. The fourth-order valence-corrected chi connectivity index (χ4v) is 1.93. The summed E-state index contributed by atoms with van der Waals surface area (Å²) in [6.45, 7) is 5.16. The zero-order valence-corrected chi connectivity index (χ0v) is 10.5. The fraction of sp³-hybridized carbons (Fsp3) is 0.300. The Morgan fingerprint density at radius 2 is 2.39 bits per heavy atom. The number of aromatic nitrogens is 1. The second-order valence-electron chi connectivity index (χ2n) is 3.32. The quantitative estimate of drug-likeness (QED) is 0.697. The monoisotopic (exact) mass is 271 g/mol. The van der Waals surface area contributed by atoms with Crippen LogP contribution in [-0.4, -0.2) is 28.8 Å². The van der Waals surface area contributed by atoms with E-state index in [1.165, 1.54) is 6.08 Å². The zero-order valence-electron chi connectivity index (χ0n) is 9.67. The second-order valence-corrected chi connectivity index (χ2v) is 4.39. The Morgan fingerprint density at radius 1 is 1.72 bits per heavy atom. The third-order valence-corrected chi connectivity index (χ3v) is 2.98. The van der Waals surface area contributed by atoms with Crippen LogP contribution in [0.2, 0.25) is 0 Å².